The zero-order valence-electron chi connectivity index (χ0n) is 17.8. The number of methoxy groups -OCH3 is 2. The lowest BCUT2D eigenvalue weighted by Crippen LogP contribution is -2.13. The molecule has 4 rings (SSSR count). The van der Waals surface area contributed by atoms with Crippen molar-refractivity contribution in [3.63, 3.8) is 0 Å². The first-order chi connectivity index (χ1) is 15.0. The predicted octanol–water partition coefficient (Wildman–Crippen LogP) is 3.73. The third-order valence-electron chi connectivity index (χ3n) is 4.88. The molecule has 0 unspecified atom stereocenters. The summed E-state index contributed by atoms with van der Waals surface area (Å²) in [5, 5.41) is 7.21. The highest BCUT2D eigenvalue weighted by molar-refractivity contribution is 6.03. The average molecular weight is 417 g/mol. The van der Waals surface area contributed by atoms with Crippen molar-refractivity contribution >= 4 is 22.9 Å². The van der Waals surface area contributed by atoms with Crippen molar-refractivity contribution in [1.82, 2.24) is 14.6 Å². The highest BCUT2D eigenvalue weighted by atomic mass is 16.5. The molecule has 1 amide bonds. The first-order valence-corrected chi connectivity index (χ1v) is 9.66. The number of nitrogens with zero attached hydrogens (tertiary/aromatic N) is 4. The van der Waals surface area contributed by atoms with Crippen LogP contribution in [-0.2, 0) is 0 Å². The molecule has 2 aromatic carbocycles. The molecular weight excluding hydrogens is 394 g/mol. The lowest BCUT2D eigenvalue weighted by atomic mass is 10.1. The first kappa shape index (κ1) is 20.2. The van der Waals surface area contributed by atoms with Gasteiger partial charge in [0.05, 0.1) is 19.9 Å². The molecule has 0 spiro atoms. The summed E-state index contributed by atoms with van der Waals surface area (Å²) in [6.07, 6.45) is 1.77. The monoisotopic (exact) mass is 417 g/mol. The smallest absolute Gasteiger partial charge is 0.276 e. The number of aromatic nitrogens is 3. The molecule has 0 atom stereocenters. The topological polar surface area (TPSA) is 81.0 Å². The fourth-order valence-corrected chi connectivity index (χ4v) is 3.18. The van der Waals surface area contributed by atoms with E-state index in [9.17, 15) is 4.79 Å². The van der Waals surface area contributed by atoms with Crippen LogP contribution in [0.25, 0.3) is 16.9 Å². The molecule has 31 heavy (non-hydrogen) atoms. The predicted molar refractivity (Wildman–Crippen MR) is 120 cm³/mol. The van der Waals surface area contributed by atoms with E-state index in [4.69, 9.17) is 9.47 Å². The van der Waals surface area contributed by atoms with Crippen LogP contribution < -0.4 is 19.7 Å². The van der Waals surface area contributed by atoms with E-state index < -0.39 is 0 Å². The third-order valence-corrected chi connectivity index (χ3v) is 4.88. The number of carbonyl (C=O) groups excluding carboxylic acids is 1. The largest absolute Gasteiger partial charge is 0.493 e. The Morgan fingerprint density at radius 1 is 0.968 bits per heavy atom. The number of carbonyl (C=O) groups is 1. The summed E-state index contributed by atoms with van der Waals surface area (Å²) in [4.78, 5) is 19.3. The lowest BCUT2D eigenvalue weighted by Gasteiger charge is -2.12. The highest BCUT2D eigenvalue weighted by Crippen LogP contribution is 2.31. The Morgan fingerprint density at radius 2 is 1.71 bits per heavy atom. The fraction of sp³-hybridized carbons (Fsp3) is 0.174. The fourth-order valence-electron chi connectivity index (χ4n) is 3.18. The summed E-state index contributed by atoms with van der Waals surface area (Å²) >= 11 is 0. The number of hydrogen-bond acceptors (Lipinski definition) is 6. The molecule has 0 radical (unpaired) electrons. The Bertz CT molecular complexity index is 1230. The van der Waals surface area contributed by atoms with Crippen LogP contribution in [0.15, 0.2) is 60.8 Å². The van der Waals surface area contributed by atoms with Crippen LogP contribution >= 0.6 is 0 Å². The van der Waals surface area contributed by atoms with Crippen LogP contribution in [0.5, 0.6) is 11.5 Å². The van der Waals surface area contributed by atoms with E-state index in [1.807, 2.05) is 67.5 Å². The second-order valence-corrected chi connectivity index (χ2v) is 7.11. The molecule has 0 aliphatic rings. The molecule has 0 bridgehead atoms. The van der Waals surface area contributed by atoms with Crippen LogP contribution in [0.3, 0.4) is 0 Å². The van der Waals surface area contributed by atoms with Crippen LogP contribution in [0, 0.1) is 0 Å². The van der Waals surface area contributed by atoms with Crippen LogP contribution in [0.4, 0.5) is 11.4 Å². The Hall–Kier alpha value is -4.07. The molecule has 2 heterocycles. The van der Waals surface area contributed by atoms with Crippen LogP contribution in [0.1, 0.15) is 10.5 Å². The maximum atomic E-state index is 12.7. The molecule has 4 aromatic rings. The van der Waals surface area contributed by atoms with Crippen molar-refractivity contribution in [2.24, 2.45) is 0 Å². The minimum absolute atomic E-state index is 0.286. The summed E-state index contributed by atoms with van der Waals surface area (Å²) in [6, 6.07) is 16.7. The molecule has 0 aliphatic carbocycles. The van der Waals surface area contributed by atoms with Crippen LogP contribution in [-0.4, -0.2) is 48.8 Å². The highest BCUT2D eigenvalue weighted by Gasteiger charge is 2.14. The quantitative estimate of drug-likeness (QED) is 0.515. The number of anilines is 2. The van der Waals surface area contributed by atoms with Crippen molar-refractivity contribution in [2.45, 2.75) is 0 Å². The zero-order chi connectivity index (χ0) is 22.0. The van der Waals surface area contributed by atoms with Gasteiger partial charge in [-0.25, -0.2) is 9.50 Å². The van der Waals surface area contributed by atoms with Gasteiger partial charge < -0.3 is 19.7 Å². The molecule has 0 aliphatic heterocycles. The number of benzene rings is 2. The van der Waals surface area contributed by atoms with Gasteiger partial charge >= 0.3 is 0 Å². The van der Waals surface area contributed by atoms with Gasteiger partial charge in [0.15, 0.2) is 22.8 Å². The molecular formula is C23H23N5O3. The maximum absolute atomic E-state index is 12.7. The van der Waals surface area contributed by atoms with E-state index >= 15 is 0 Å². The normalized spacial score (nSPS) is 10.7. The Kier molecular flexibility index (Phi) is 5.44. The number of fused-ring (bicyclic) bond motifs is 1. The van der Waals surface area contributed by atoms with E-state index in [0.29, 0.717) is 22.8 Å². The maximum Gasteiger partial charge on any atom is 0.276 e. The summed E-state index contributed by atoms with van der Waals surface area (Å²) in [7, 11) is 7.12. The number of ether oxygens (including phenoxy) is 2. The van der Waals surface area contributed by atoms with Crippen LogP contribution in [0.2, 0.25) is 0 Å². The lowest BCUT2D eigenvalue weighted by molar-refractivity contribution is 0.102. The molecule has 158 valence electrons. The summed E-state index contributed by atoms with van der Waals surface area (Å²) < 4.78 is 12.2. The standard InChI is InChI=1S/C23H23N5O3/c1-27(2)17-8-6-16(7-9-17)24-23(29)19-14-22-25-18(11-12-28(22)26-19)15-5-10-20(30-3)21(13-15)31-4/h5-14H,1-4H3,(H,24,29). The number of hydrogen-bond donors (Lipinski definition) is 1. The average Bonchev–Trinajstić information content (AvgIpc) is 3.22. The molecule has 1 N–H and O–H groups in total. The minimum Gasteiger partial charge on any atom is -0.493 e. The van der Waals surface area contributed by atoms with Crippen molar-refractivity contribution in [3.05, 3.63) is 66.5 Å². The van der Waals surface area contributed by atoms with E-state index in [1.165, 1.54) is 0 Å². The van der Waals surface area contributed by atoms with Gasteiger partial charge in [-0.2, -0.15) is 5.10 Å². The Labute approximate surface area is 180 Å². The van der Waals surface area contributed by atoms with Gasteiger partial charge in [-0.15, -0.1) is 0 Å². The van der Waals surface area contributed by atoms with E-state index in [1.54, 1.807) is 31.0 Å². The molecule has 8 nitrogen and oxygen atoms in total. The van der Waals surface area contributed by atoms with E-state index in [2.05, 4.69) is 15.4 Å². The van der Waals surface area contributed by atoms with Crippen molar-refractivity contribution in [1.29, 1.82) is 0 Å². The van der Waals surface area contributed by atoms with Gasteiger partial charge in [0.1, 0.15) is 0 Å². The second-order valence-electron chi connectivity index (χ2n) is 7.11. The van der Waals surface area contributed by atoms with Gasteiger partial charge in [0.2, 0.25) is 0 Å². The summed E-state index contributed by atoms with van der Waals surface area (Å²) in [5.74, 6) is 0.973. The number of rotatable bonds is 6. The summed E-state index contributed by atoms with van der Waals surface area (Å²) in [5.41, 5.74) is 4.21. The van der Waals surface area contributed by atoms with Gasteiger partial charge in [0.25, 0.3) is 5.91 Å². The molecule has 8 heteroatoms. The van der Waals surface area contributed by atoms with Crippen molar-refractivity contribution < 1.29 is 14.3 Å². The second kappa shape index (κ2) is 8.35. The van der Waals surface area contributed by atoms with E-state index in [-0.39, 0.29) is 11.6 Å². The van der Waals surface area contributed by atoms with Crippen molar-refractivity contribution in [3.8, 4) is 22.8 Å². The zero-order valence-corrected chi connectivity index (χ0v) is 17.8. The van der Waals surface area contributed by atoms with Gasteiger partial charge in [0, 0.05) is 43.3 Å². The molecule has 0 saturated heterocycles. The van der Waals surface area contributed by atoms with Gasteiger partial charge in [-0.05, 0) is 48.5 Å². The first-order valence-electron chi connectivity index (χ1n) is 9.66. The van der Waals surface area contributed by atoms with Gasteiger partial charge in [-0.3, -0.25) is 4.79 Å². The van der Waals surface area contributed by atoms with E-state index in [0.717, 1.165) is 16.9 Å². The molecule has 2 aromatic heterocycles. The summed E-state index contributed by atoms with van der Waals surface area (Å²) in [6.45, 7) is 0. The third kappa shape index (κ3) is 4.13. The van der Waals surface area contributed by atoms with Gasteiger partial charge in [-0.1, -0.05) is 0 Å². The minimum atomic E-state index is -0.296. The number of amides is 1. The van der Waals surface area contributed by atoms with Crippen molar-refractivity contribution in [2.75, 3.05) is 38.5 Å². The molecule has 0 saturated carbocycles. The SMILES string of the molecule is COc1ccc(-c2ccn3nc(C(=O)Nc4ccc(N(C)C)cc4)cc3n2)cc1OC. The Balaban J connectivity index is 1.58. The Morgan fingerprint density at radius 3 is 2.39 bits per heavy atom. The number of nitrogens with one attached hydrogen (secondary N) is 1. The molecule has 0 fully saturated rings.